The van der Waals surface area contributed by atoms with Gasteiger partial charge in [-0.1, -0.05) is 18.5 Å². The summed E-state index contributed by atoms with van der Waals surface area (Å²) in [5.74, 6) is 0.972. The third-order valence-electron chi connectivity index (χ3n) is 2.16. The summed E-state index contributed by atoms with van der Waals surface area (Å²) < 4.78 is 1.96. The van der Waals surface area contributed by atoms with Crippen LogP contribution >= 0.6 is 11.6 Å². The molecule has 0 amide bonds. The second kappa shape index (κ2) is 3.50. The predicted molar refractivity (Wildman–Crippen MR) is 58.6 cm³/mol. The maximum Gasteiger partial charge on any atom is 0.155 e. The third-order valence-corrected chi connectivity index (χ3v) is 2.44. The molecule has 0 aliphatic heterocycles. The van der Waals surface area contributed by atoms with Gasteiger partial charge in [0, 0.05) is 18.3 Å². The van der Waals surface area contributed by atoms with Crippen molar-refractivity contribution in [3.8, 4) is 0 Å². The number of fused-ring (bicyclic) bond motifs is 1. The quantitative estimate of drug-likeness (QED) is 0.826. The van der Waals surface area contributed by atoms with Crippen molar-refractivity contribution >= 4 is 22.8 Å². The first-order valence-corrected chi connectivity index (χ1v) is 5.02. The maximum atomic E-state index is 5.99. The van der Waals surface area contributed by atoms with E-state index in [4.69, 9.17) is 17.3 Å². The molecule has 0 atom stereocenters. The molecule has 0 fully saturated rings. The minimum Gasteiger partial charge on any atom is -0.398 e. The first-order chi connectivity index (χ1) is 6.72. The number of aromatic nitrogens is 2. The molecule has 0 unspecified atom stereocenters. The second-order valence-corrected chi connectivity index (χ2v) is 3.64. The lowest BCUT2D eigenvalue weighted by molar-refractivity contribution is 0.831. The van der Waals surface area contributed by atoms with E-state index in [2.05, 4.69) is 11.9 Å². The summed E-state index contributed by atoms with van der Waals surface area (Å²) in [5, 5.41) is 0.549. The molecule has 4 heteroatoms. The zero-order valence-electron chi connectivity index (χ0n) is 8.00. The Kier molecular flexibility index (Phi) is 2.33. The number of pyridine rings is 1. The summed E-state index contributed by atoms with van der Waals surface area (Å²) in [6, 6.07) is 3.72. The molecule has 0 radical (unpaired) electrons. The third kappa shape index (κ3) is 1.44. The highest BCUT2D eigenvalue weighted by molar-refractivity contribution is 6.32. The number of nitrogens with two attached hydrogens (primary N) is 1. The number of nitrogens with zero attached hydrogens (tertiary/aromatic N) is 2. The number of rotatable bonds is 2. The molecule has 2 N–H and O–H groups in total. The highest BCUT2D eigenvalue weighted by atomic mass is 35.5. The van der Waals surface area contributed by atoms with Gasteiger partial charge in [-0.15, -0.1) is 0 Å². The van der Waals surface area contributed by atoms with Gasteiger partial charge < -0.3 is 10.1 Å². The van der Waals surface area contributed by atoms with E-state index in [1.54, 1.807) is 0 Å². The highest BCUT2D eigenvalue weighted by Gasteiger charge is 2.07. The van der Waals surface area contributed by atoms with Crippen LogP contribution in [0.25, 0.3) is 5.52 Å². The van der Waals surface area contributed by atoms with Gasteiger partial charge in [-0.05, 0) is 18.6 Å². The molecule has 0 spiro atoms. The number of halogens is 1. The lowest BCUT2D eigenvalue weighted by Crippen LogP contribution is -1.95. The van der Waals surface area contributed by atoms with Crippen LogP contribution in [0.5, 0.6) is 0 Å². The number of hydrogen-bond donors (Lipinski definition) is 1. The van der Waals surface area contributed by atoms with E-state index in [1.807, 2.05) is 22.7 Å². The minimum absolute atomic E-state index is 0.549. The highest BCUT2D eigenvalue weighted by Crippen LogP contribution is 2.20. The zero-order chi connectivity index (χ0) is 10.1. The number of aryl methyl sites for hydroxylation is 1. The average molecular weight is 210 g/mol. The first kappa shape index (κ1) is 9.34. The van der Waals surface area contributed by atoms with Crippen molar-refractivity contribution in [1.29, 1.82) is 0 Å². The smallest absolute Gasteiger partial charge is 0.155 e. The monoisotopic (exact) mass is 209 g/mol. The predicted octanol–water partition coefficient (Wildman–Crippen LogP) is 2.52. The Balaban J connectivity index is 2.66. The van der Waals surface area contributed by atoms with Gasteiger partial charge in [0.25, 0.3) is 0 Å². The van der Waals surface area contributed by atoms with E-state index in [1.165, 1.54) is 0 Å². The Labute approximate surface area is 87.5 Å². The lowest BCUT2D eigenvalue weighted by Gasteiger charge is -2.00. The lowest BCUT2D eigenvalue weighted by atomic mass is 10.3. The standard InChI is InChI=1S/C10H12ClN3/c1-2-3-9-13-10(11)8-5-4-7(12)6-14(8)9/h4-6H,2-3,12H2,1H3. The summed E-state index contributed by atoms with van der Waals surface area (Å²) in [4.78, 5) is 4.29. The molecule has 2 aromatic heterocycles. The van der Waals surface area contributed by atoms with E-state index < -0.39 is 0 Å². The largest absolute Gasteiger partial charge is 0.398 e. The van der Waals surface area contributed by atoms with E-state index >= 15 is 0 Å². The molecule has 0 saturated carbocycles. The van der Waals surface area contributed by atoms with Crippen molar-refractivity contribution in [1.82, 2.24) is 9.38 Å². The molecular weight excluding hydrogens is 198 g/mol. The van der Waals surface area contributed by atoms with E-state index in [-0.39, 0.29) is 0 Å². The van der Waals surface area contributed by atoms with Crippen molar-refractivity contribution in [2.75, 3.05) is 5.73 Å². The van der Waals surface area contributed by atoms with Crippen LogP contribution in [0.15, 0.2) is 18.3 Å². The van der Waals surface area contributed by atoms with Gasteiger partial charge in [-0.3, -0.25) is 0 Å². The Bertz CT molecular complexity index is 462. The fourth-order valence-electron chi connectivity index (χ4n) is 1.52. The van der Waals surface area contributed by atoms with Crippen molar-refractivity contribution in [2.24, 2.45) is 0 Å². The van der Waals surface area contributed by atoms with E-state index in [9.17, 15) is 0 Å². The van der Waals surface area contributed by atoms with Crippen LogP contribution in [0, 0.1) is 0 Å². The molecular formula is C10H12ClN3. The average Bonchev–Trinajstić information content (AvgIpc) is 2.44. The van der Waals surface area contributed by atoms with Gasteiger partial charge in [0.1, 0.15) is 5.82 Å². The van der Waals surface area contributed by atoms with Crippen LogP contribution in [0.3, 0.4) is 0 Å². The van der Waals surface area contributed by atoms with Crippen LogP contribution < -0.4 is 5.73 Å². The van der Waals surface area contributed by atoms with Gasteiger partial charge in [0.05, 0.1) is 5.52 Å². The normalized spacial score (nSPS) is 11.0. The van der Waals surface area contributed by atoms with Gasteiger partial charge in [0.2, 0.25) is 0 Å². The van der Waals surface area contributed by atoms with Gasteiger partial charge in [-0.2, -0.15) is 0 Å². The molecule has 2 rings (SSSR count). The molecule has 3 nitrogen and oxygen atoms in total. The second-order valence-electron chi connectivity index (χ2n) is 3.29. The van der Waals surface area contributed by atoms with Crippen LogP contribution in [-0.2, 0) is 6.42 Å². The summed E-state index contributed by atoms with van der Waals surface area (Å²) in [6.45, 7) is 2.11. The fraction of sp³-hybridized carbons (Fsp3) is 0.300. The minimum atomic E-state index is 0.549. The zero-order valence-corrected chi connectivity index (χ0v) is 8.75. The molecule has 0 aliphatic rings. The molecule has 0 bridgehead atoms. The number of imidazole rings is 1. The Morgan fingerprint density at radius 2 is 2.29 bits per heavy atom. The molecule has 2 aromatic rings. The van der Waals surface area contributed by atoms with Crippen LogP contribution in [0.2, 0.25) is 5.15 Å². The molecule has 0 aliphatic carbocycles. The van der Waals surface area contributed by atoms with Crippen molar-refractivity contribution in [2.45, 2.75) is 19.8 Å². The fourth-order valence-corrected chi connectivity index (χ4v) is 1.77. The van der Waals surface area contributed by atoms with Gasteiger partial charge in [0.15, 0.2) is 5.15 Å². The van der Waals surface area contributed by atoms with Crippen molar-refractivity contribution < 1.29 is 0 Å². The van der Waals surface area contributed by atoms with Gasteiger partial charge in [-0.25, -0.2) is 4.98 Å². The summed E-state index contributed by atoms with van der Waals surface area (Å²) in [6.07, 6.45) is 3.82. The summed E-state index contributed by atoms with van der Waals surface area (Å²) >= 11 is 5.99. The number of nitrogen functional groups attached to an aromatic ring is 1. The van der Waals surface area contributed by atoms with Crippen molar-refractivity contribution in [3.05, 3.63) is 29.3 Å². The Morgan fingerprint density at radius 3 is 3.00 bits per heavy atom. The van der Waals surface area contributed by atoms with Crippen LogP contribution in [0.1, 0.15) is 19.2 Å². The summed E-state index contributed by atoms with van der Waals surface area (Å²) in [7, 11) is 0. The Hall–Kier alpha value is -1.22. The topological polar surface area (TPSA) is 43.3 Å². The number of anilines is 1. The Morgan fingerprint density at radius 1 is 1.50 bits per heavy atom. The molecule has 0 aromatic carbocycles. The molecule has 74 valence electrons. The van der Waals surface area contributed by atoms with Crippen molar-refractivity contribution in [3.63, 3.8) is 0 Å². The number of hydrogen-bond acceptors (Lipinski definition) is 2. The summed E-state index contributed by atoms with van der Waals surface area (Å²) in [5.41, 5.74) is 7.35. The maximum absolute atomic E-state index is 5.99. The molecule has 2 heterocycles. The molecule has 14 heavy (non-hydrogen) atoms. The van der Waals surface area contributed by atoms with Gasteiger partial charge >= 0.3 is 0 Å². The van der Waals surface area contributed by atoms with E-state index in [0.717, 1.165) is 29.9 Å². The first-order valence-electron chi connectivity index (χ1n) is 4.64. The van der Waals surface area contributed by atoms with Crippen LogP contribution in [-0.4, -0.2) is 9.38 Å². The van der Waals surface area contributed by atoms with Crippen LogP contribution in [0.4, 0.5) is 5.69 Å². The molecule has 0 saturated heterocycles. The van der Waals surface area contributed by atoms with E-state index in [0.29, 0.717) is 5.15 Å². The SMILES string of the molecule is CCCc1nc(Cl)c2ccc(N)cn12.